The molecule has 2 aliphatic heterocycles. The van der Waals surface area contributed by atoms with Crippen molar-refractivity contribution in [1.82, 2.24) is 4.90 Å². The van der Waals surface area contributed by atoms with Gasteiger partial charge < -0.3 is 9.47 Å². The summed E-state index contributed by atoms with van der Waals surface area (Å²) in [6.45, 7) is 5.24. The molecule has 31 heavy (non-hydrogen) atoms. The molecule has 8 heteroatoms. The number of rotatable bonds is 2. The maximum atomic E-state index is 14.3. The first-order valence-electron chi connectivity index (χ1n) is 9.99. The molecule has 2 aromatic rings. The molecule has 0 radical (unpaired) electrons. The van der Waals surface area contributed by atoms with Crippen LogP contribution in [0, 0.1) is 5.82 Å². The summed E-state index contributed by atoms with van der Waals surface area (Å²) in [5.41, 5.74) is -0.378. The summed E-state index contributed by atoms with van der Waals surface area (Å²) in [5.74, 6) is -0.596. The van der Waals surface area contributed by atoms with Gasteiger partial charge in [0.1, 0.15) is 17.2 Å². The van der Waals surface area contributed by atoms with Gasteiger partial charge in [0.05, 0.1) is 11.1 Å². The van der Waals surface area contributed by atoms with E-state index in [9.17, 15) is 14.0 Å². The number of halogens is 3. The fraction of sp³-hybridized carbons (Fsp3) is 0.391. The molecule has 1 fully saturated rings. The predicted octanol–water partition coefficient (Wildman–Crippen LogP) is 6.00. The molecule has 0 saturated carbocycles. The smallest absolute Gasteiger partial charge is 0.417 e. The molecular formula is C23H22BrClFNO4. The molecule has 0 N–H and O–H groups in total. The van der Waals surface area contributed by atoms with Gasteiger partial charge in [0, 0.05) is 28.9 Å². The van der Waals surface area contributed by atoms with Crippen LogP contribution in [-0.4, -0.2) is 28.5 Å². The Balaban J connectivity index is 1.83. The minimum Gasteiger partial charge on any atom is -0.480 e. The van der Waals surface area contributed by atoms with Crippen LogP contribution in [-0.2, 0) is 21.6 Å². The Kier molecular flexibility index (Phi) is 5.54. The van der Waals surface area contributed by atoms with Crippen molar-refractivity contribution in [2.24, 2.45) is 0 Å². The SMILES string of the molecule is CC(C)(C)OC(=O)N1C(=O)CC[C@H]1[C@@]1(c2ccccc2)Cc2c(cc(F)c(Cl)c2Br)O1. The number of imide groups is 1. The Morgan fingerprint density at radius 2 is 2.00 bits per heavy atom. The quantitative estimate of drug-likeness (QED) is 0.465. The molecule has 0 unspecified atom stereocenters. The van der Waals surface area contributed by atoms with Crippen molar-refractivity contribution in [1.29, 1.82) is 0 Å². The van der Waals surface area contributed by atoms with Crippen molar-refractivity contribution in [3.8, 4) is 5.75 Å². The zero-order valence-electron chi connectivity index (χ0n) is 17.4. The first-order chi connectivity index (χ1) is 14.5. The lowest BCUT2D eigenvalue weighted by molar-refractivity contribution is -0.131. The summed E-state index contributed by atoms with van der Waals surface area (Å²) < 4.78 is 26.7. The van der Waals surface area contributed by atoms with Crippen molar-refractivity contribution in [2.45, 2.75) is 57.3 Å². The Labute approximate surface area is 193 Å². The summed E-state index contributed by atoms with van der Waals surface area (Å²) >= 11 is 9.51. The number of ether oxygens (including phenoxy) is 2. The largest absolute Gasteiger partial charge is 0.480 e. The fourth-order valence-corrected chi connectivity index (χ4v) is 4.98. The van der Waals surface area contributed by atoms with E-state index in [0.717, 1.165) is 10.5 Å². The molecule has 164 valence electrons. The van der Waals surface area contributed by atoms with Crippen molar-refractivity contribution in [3.63, 3.8) is 0 Å². The molecule has 1 saturated heterocycles. The third-order valence-electron chi connectivity index (χ3n) is 5.56. The third-order valence-corrected chi connectivity index (χ3v) is 7.03. The van der Waals surface area contributed by atoms with Crippen LogP contribution in [0.2, 0.25) is 5.02 Å². The lowest BCUT2D eigenvalue weighted by Gasteiger charge is -2.39. The number of carbonyl (C=O) groups excluding carboxylic acids is 2. The molecule has 4 rings (SSSR count). The van der Waals surface area contributed by atoms with E-state index in [0.29, 0.717) is 28.6 Å². The van der Waals surface area contributed by atoms with E-state index in [1.54, 1.807) is 20.8 Å². The Hall–Kier alpha value is -2.12. The zero-order valence-corrected chi connectivity index (χ0v) is 19.7. The van der Waals surface area contributed by atoms with Crippen LogP contribution >= 0.6 is 27.5 Å². The van der Waals surface area contributed by atoms with Crippen LogP contribution in [0.25, 0.3) is 0 Å². The molecule has 2 amide bonds. The first-order valence-corrected chi connectivity index (χ1v) is 11.2. The number of amides is 2. The van der Waals surface area contributed by atoms with Crippen LogP contribution in [0.4, 0.5) is 9.18 Å². The van der Waals surface area contributed by atoms with Gasteiger partial charge >= 0.3 is 6.09 Å². The van der Waals surface area contributed by atoms with E-state index in [2.05, 4.69) is 15.9 Å². The summed E-state index contributed by atoms with van der Waals surface area (Å²) in [6, 6.07) is 9.99. The van der Waals surface area contributed by atoms with Gasteiger partial charge in [-0.2, -0.15) is 0 Å². The minimum absolute atomic E-state index is 0.0299. The number of fused-ring (bicyclic) bond motifs is 1. The maximum absolute atomic E-state index is 14.3. The molecule has 5 nitrogen and oxygen atoms in total. The van der Waals surface area contributed by atoms with E-state index < -0.39 is 29.2 Å². The first kappa shape index (κ1) is 22.1. The van der Waals surface area contributed by atoms with Crippen molar-refractivity contribution in [3.05, 3.63) is 62.8 Å². The van der Waals surface area contributed by atoms with Gasteiger partial charge in [0.2, 0.25) is 5.91 Å². The van der Waals surface area contributed by atoms with Crippen LogP contribution < -0.4 is 4.74 Å². The highest BCUT2D eigenvalue weighted by Gasteiger charge is 2.56. The number of hydrogen-bond donors (Lipinski definition) is 0. The van der Waals surface area contributed by atoms with Crippen molar-refractivity contribution < 1.29 is 23.5 Å². The molecule has 0 aromatic heterocycles. The number of carbonyl (C=O) groups is 2. The average Bonchev–Trinajstić information content (AvgIpc) is 3.27. The van der Waals surface area contributed by atoms with E-state index >= 15 is 0 Å². The van der Waals surface area contributed by atoms with E-state index in [1.165, 1.54) is 6.07 Å². The Morgan fingerprint density at radius 3 is 2.65 bits per heavy atom. The molecule has 2 heterocycles. The molecule has 2 atom stereocenters. The summed E-state index contributed by atoms with van der Waals surface area (Å²) in [6.07, 6.45) is 0.186. The normalized spacial score (nSPS) is 23.0. The standard InChI is InChI=1S/C23H22BrClFNO4/c1-22(2,3)31-21(29)27-17(9-10-18(27)28)23(13-7-5-4-6-8-13)12-14-16(30-23)11-15(26)20(25)19(14)24/h4-8,11,17H,9-10,12H2,1-3H3/t17-,23-/m0/s1. The minimum atomic E-state index is -1.09. The average molecular weight is 511 g/mol. The van der Waals surface area contributed by atoms with Crippen LogP contribution in [0.5, 0.6) is 5.75 Å². The lowest BCUT2D eigenvalue weighted by Crippen LogP contribution is -2.54. The Morgan fingerprint density at radius 1 is 1.32 bits per heavy atom. The monoisotopic (exact) mass is 509 g/mol. The number of benzene rings is 2. The second-order valence-electron chi connectivity index (χ2n) is 8.80. The highest BCUT2D eigenvalue weighted by atomic mass is 79.9. The van der Waals surface area contributed by atoms with Gasteiger partial charge in [-0.3, -0.25) is 4.79 Å². The van der Waals surface area contributed by atoms with Gasteiger partial charge in [-0.15, -0.1) is 0 Å². The summed E-state index contributed by atoms with van der Waals surface area (Å²) in [4.78, 5) is 26.9. The molecule has 2 aliphatic rings. The topological polar surface area (TPSA) is 55.8 Å². The van der Waals surface area contributed by atoms with Crippen molar-refractivity contribution >= 4 is 39.5 Å². The summed E-state index contributed by atoms with van der Waals surface area (Å²) in [5, 5.41) is -0.0299. The van der Waals surface area contributed by atoms with E-state index in [-0.39, 0.29) is 17.4 Å². The molecule has 2 aromatic carbocycles. The molecule has 0 bridgehead atoms. The van der Waals surface area contributed by atoms with E-state index in [4.69, 9.17) is 21.1 Å². The number of hydrogen-bond acceptors (Lipinski definition) is 4. The van der Waals surface area contributed by atoms with Gasteiger partial charge in [-0.1, -0.05) is 41.9 Å². The highest BCUT2D eigenvalue weighted by Crippen LogP contribution is 2.51. The second-order valence-corrected chi connectivity index (χ2v) is 9.97. The van der Waals surface area contributed by atoms with Crippen LogP contribution in [0.1, 0.15) is 44.7 Å². The van der Waals surface area contributed by atoms with Crippen LogP contribution in [0.15, 0.2) is 40.9 Å². The van der Waals surface area contributed by atoms with Gasteiger partial charge in [0.15, 0.2) is 5.60 Å². The summed E-state index contributed by atoms with van der Waals surface area (Å²) in [7, 11) is 0. The fourth-order valence-electron chi connectivity index (χ4n) is 4.29. The second kappa shape index (κ2) is 7.78. The van der Waals surface area contributed by atoms with Gasteiger partial charge in [0.25, 0.3) is 0 Å². The predicted molar refractivity (Wildman–Crippen MR) is 118 cm³/mol. The number of nitrogens with zero attached hydrogens (tertiary/aromatic N) is 1. The third kappa shape index (κ3) is 3.82. The highest BCUT2D eigenvalue weighted by molar-refractivity contribution is 9.10. The zero-order chi connectivity index (χ0) is 22.6. The van der Waals surface area contributed by atoms with Crippen molar-refractivity contribution in [2.75, 3.05) is 0 Å². The van der Waals surface area contributed by atoms with Gasteiger partial charge in [-0.05, 0) is 48.7 Å². The number of likely N-dealkylation sites (tertiary alicyclic amines) is 1. The molecular weight excluding hydrogens is 489 g/mol. The van der Waals surface area contributed by atoms with Gasteiger partial charge in [-0.25, -0.2) is 14.1 Å². The van der Waals surface area contributed by atoms with E-state index in [1.807, 2.05) is 30.3 Å². The Bertz CT molecular complexity index is 1060. The van der Waals surface area contributed by atoms with Crippen LogP contribution in [0.3, 0.4) is 0 Å². The molecule has 0 spiro atoms. The molecule has 0 aliphatic carbocycles. The lowest BCUT2D eigenvalue weighted by atomic mass is 9.81. The maximum Gasteiger partial charge on any atom is 0.417 e.